The predicted molar refractivity (Wildman–Crippen MR) is 66.0 cm³/mol. The molecule has 2 nitrogen and oxygen atoms in total. The van der Waals surface area contributed by atoms with Gasteiger partial charge in [-0.25, -0.2) is 13.8 Å². The molecule has 0 N–H and O–H groups in total. The van der Waals surface area contributed by atoms with E-state index >= 15 is 0 Å². The van der Waals surface area contributed by atoms with E-state index in [0.717, 1.165) is 22.7 Å². The molecule has 2 rings (SSSR count). The molecule has 0 amide bonds. The number of Topliss-reactive ketones (excluding diaryl/α,β-unsaturated/α-hetero) is 1. The van der Waals surface area contributed by atoms with Crippen molar-refractivity contribution in [2.45, 2.75) is 20.3 Å². The molecule has 0 aliphatic rings. The number of halogens is 2. The first-order chi connectivity index (χ1) is 8.47. The van der Waals surface area contributed by atoms with Crippen LogP contribution in [0.5, 0.6) is 0 Å². The lowest BCUT2D eigenvalue weighted by atomic mass is 10.1. The average molecular weight is 267 g/mol. The van der Waals surface area contributed by atoms with E-state index in [9.17, 15) is 13.6 Å². The second-order valence-electron chi connectivity index (χ2n) is 3.98. The van der Waals surface area contributed by atoms with E-state index in [1.807, 2.05) is 13.8 Å². The zero-order chi connectivity index (χ0) is 13.3. The van der Waals surface area contributed by atoms with Gasteiger partial charge in [0.25, 0.3) is 0 Å². The van der Waals surface area contributed by atoms with Gasteiger partial charge in [-0.1, -0.05) is 0 Å². The molecule has 0 saturated carbocycles. The van der Waals surface area contributed by atoms with Crippen molar-refractivity contribution in [3.05, 3.63) is 51.0 Å². The Kier molecular flexibility index (Phi) is 3.52. The van der Waals surface area contributed by atoms with E-state index in [1.165, 1.54) is 17.4 Å². The van der Waals surface area contributed by atoms with Gasteiger partial charge < -0.3 is 0 Å². The van der Waals surface area contributed by atoms with E-state index in [2.05, 4.69) is 4.98 Å². The third kappa shape index (κ3) is 2.61. The molecule has 94 valence electrons. The third-order valence-electron chi connectivity index (χ3n) is 2.63. The minimum Gasteiger partial charge on any atom is -0.294 e. The van der Waals surface area contributed by atoms with Gasteiger partial charge in [0.1, 0.15) is 5.01 Å². The molecule has 2 aromatic rings. The van der Waals surface area contributed by atoms with Crippen LogP contribution in [-0.2, 0) is 6.42 Å². The van der Waals surface area contributed by atoms with Crippen LogP contribution in [0.1, 0.15) is 25.9 Å². The van der Waals surface area contributed by atoms with Gasteiger partial charge >= 0.3 is 0 Å². The largest absolute Gasteiger partial charge is 0.294 e. The smallest absolute Gasteiger partial charge is 0.169 e. The van der Waals surface area contributed by atoms with E-state index in [0.29, 0.717) is 5.01 Å². The normalized spacial score (nSPS) is 10.7. The van der Waals surface area contributed by atoms with Crippen molar-refractivity contribution < 1.29 is 13.6 Å². The predicted octanol–water partition coefficient (Wildman–Crippen LogP) is 3.46. The topological polar surface area (TPSA) is 30.0 Å². The van der Waals surface area contributed by atoms with Crippen molar-refractivity contribution in [3.8, 4) is 0 Å². The van der Waals surface area contributed by atoms with Crippen molar-refractivity contribution in [2.75, 3.05) is 0 Å². The molecule has 0 radical (unpaired) electrons. The number of carbonyl (C=O) groups excluding carboxylic acids is 1. The first kappa shape index (κ1) is 12.8. The minimum atomic E-state index is -1.01. The Hall–Kier alpha value is -1.62. The molecule has 0 spiro atoms. The number of nitrogens with zero attached hydrogens (tertiary/aromatic N) is 1. The van der Waals surface area contributed by atoms with Crippen molar-refractivity contribution in [1.82, 2.24) is 4.98 Å². The fraction of sp³-hybridized carbons (Fsp3) is 0.231. The summed E-state index contributed by atoms with van der Waals surface area (Å²) in [5, 5.41) is 0.694. The number of aryl methyl sites for hydroxylation is 2. The minimum absolute atomic E-state index is 0.115. The highest BCUT2D eigenvalue weighted by Gasteiger charge is 2.13. The summed E-state index contributed by atoms with van der Waals surface area (Å²) in [7, 11) is 0. The first-order valence-corrected chi connectivity index (χ1v) is 6.20. The molecule has 0 aliphatic carbocycles. The quantitative estimate of drug-likeness (QED) is 0.797. The van der Waals surface area contributed by atoms with Crippen molar-refractivity contribution in [3.63, 3.8) is 0 Å². The number of aromatic nitrogens is 1. The summed E-state index contributed by atoms with van der Waals surface area (Å²) in [6.45, 7) is 3.80. The molecule has 1 heterocycles. The summed E-state index contributed by atoms with van der Waals surface area (Å²) in [4.78, 5) is 17.2. The molecule has 0 bridgehead atoms. The SMILES string of the molecule is Cc1nc(CC(=O)c2ccc(F)c(F)c2)sc1C. The number of ketones is 1. The maximum atomic E-state index is 13.0. The highest BCUT2D eigenvalue weighted by Crippen LogP contribution is 2.19. The lowest BCUT2D eigenvalue weighted by Crippen LogP contribution is -2.04. The molecule has 0 saturated heterocycles. The van der Waals surface area contributed by atoms with Crippen LogP contribution >= 0.6 is 11.3 Å². The van der Waals surface area contributed by atoms with Gasteiger partial charge in [0.15, 0.2) is 17.4 Å². The van der Waals surface area contributed by atoms with Crippen LogP contribution in [0.3, 0.4) is 0 Å². The van der Waals surface area contributed by atoms with Crippen LogP contribution < -0.4 is 0 Å². The Morgan fingerprint density at radius 3 is 2.56 bits per heavy atom. The Morgan fingerprint density at radius 1 is 1.28 bits per heavy atom. The number of hydrogen-bond donors (Lipinski definition) is 0. The van der Waals surface area contributed by atoms with Crippen molar-refractivity contribution in [1.29, 1.82) is 0 Å². The standard InChI is InChI=1S/C13H11F2NOS/c1-7-8(2)18-13(16-7)6-12(17)9-3-4-10(14)11(15)5-9/h3-5H,6H2,1-2H3. The van der Waals surface area contributed by atoms with Crippen LogP contribution in [0, 0.1) is 25.5 Å². The third-order valence-corrected chi connectivity index (χ3v) is 3.70. The van der Waals surface area contributed by atoms with Crippen molar-refractivity contribution >= 4 is 17.1 Å². The molecule has 0 fully saturated rings. The molecular formula is C13H11F2NOS. The fourth-order valence-electron chi connectivity index (χ4n) is 1.52. The maximum absolute atomic E-state index is 13.0. The molecule has 0 aliphatic heterocycles. The van der Waals surface area contributed by atoms with Gasteiger partial charge in [-0.3, -0.25) is 4.79 Å². The first-order valence-electron chi connectivity index (χ1n) is 5.38. The van der Waals surface area contributed by atoms with Crippen LogP contribution in [0.15, 0.2) is 18.2 Å². The zero-order valence-corrected chi connectivity index (χ0v) is 10.8. The van der Waals surface area contributed by atoms with Gasteiger partial charge in [0, 0.05) is 10.4 Å². The Morgan fingerprint density at radius 2 is 2.00 bits per heavy atom. The molecule has 0 unspecified atom stereocenters. The van der Waals surface area contributed by atoms with Gasteiger partial charge in [-0.05, 0) is 32.0 Å². The van der Waals surface area contributed by atoms with E-state index in [1.54, 1.807) is 0 Å². The number of thiazole rings is 1. The fourth-order valence-corrected chi connectivity index (χ4v) is 2.46. The van der Waals surface area contributed by atoms with E-state index in [-0.39, 0.29) is 17.8 Å². The van der Waals surface area contributed by atoms with Crippen LogP contribution in [0.25, 0.3) is 0 Å². The Labute approximate surface area is 107 Å². The summed E-state index contributed by atoms with van der Waals surface area (Å²) in [5.41, 5.74) is 1.06. The highest BCUT2D eigenvalue weighted by atomic mass is 32.1. The summed E-state index contributed by atoms with van der Waals surface area (Å²) < 4.78 is 25.8. The Balaban J connectivity index is 2.19. The number of hydrogen-bond acceptors (Lipinski definition) is 3. The lowest BCUT2D eigenvalue weighted by molar-refractivity contribution is 0.0992. The Bertz CT molecular complexity index is 588. The molecule has 1 aromatic heterocycles. The summed E-state index contributed by atoms with van der Waals surface area (Å²) in [5.74, 6) is -2.22. The number of benzene rings is 1. The second kappa shape index (κ2) is 4.94. The van der Waals surface area contributed by atoms with Gasteiger partial charge in [-0.2, -0.15) is 0 Å². The van der Waals surface area contributed by atoms with E-state index in [4.69, 9.17) is 0 Å². The molecular weight excluding hydrogens is 256 g/mol. The van der Waals surface area contributed by atoms with Gasteiger partial charge in [-0.15, -0.1) is 11.3 Å². The molecule has 1 aromatic carbocycles. The van der Waals surface area contributed by atoms with Crippen molar-refractivity contribution in [2.24, 2.45) is 0 Å². The lowest BCUT2D eigenvalue weighted by Gasteiger charge is -1.99. The number of rotatable bonds is 3. The molecule has 5 heteroatoms. The summed E-state index contributed by atoms with van der Waals surface area (Å²) in [6.07, 6.45) is 0.115. The second-order valence-corrected chi connectivity index (χ2v) is 5.27. The van der Waals surface area contributed by atoms with Crippen LogP contribution in [-0.4, -0.2) is 10.8 Å². The van der Waals surface area contributed by atoms with Crippen LogP contribution in [0.4, 0.5) is 8.78 Å². The van der Waals surface area contributed by atoms with Gasteiger partial charge in [0.05, 0.1) is 12.1 Å². The van der Waals surface area contributed by atoms with Gasteiger partial charge in [0.2, 0.25) is 0 Å². The molecule has 18 heavy (non-hydrogen) atoms. The van der Waals surface area contributed by atoms with E-state index < -0.39 is 11.6 Å². The molecule has 0 atom stereocenters. The summed E-state index contributed by atoms with van der Waals surface area (Å²) >= 11 is 1.44. The maximum Gasteiger partial charge on any atom is 0.169 e. The average Bonchev–Trinajstić information content (AvgIpc) is 2.61. The highest BCUT2D eigenvalue weighted by molar-refractivity contribution is 7.11. The summed E-state index contributed by atoms with van der Waals surface area (Å²) in [6, 6.07) is 3.17. The monoisotopic (exact) mass is 267 g/mol. The van der Waals surface area contributed by atoms with Crippen LogP contribution in [0.2, 0.25) is 0 Å². The zero-order valence-electron chi connectivity index (χ0n) is 9.96. The number of carbonyl (C=O) groups is 1.